The van der Waals surface area contributed by atoms with Gasteiger partial charge in [-0.1, -0.05) is 11.3 Å². The highest BCUT2D eigenvalue weighted by molar-refractivity contribution is 7.93. The topological polar surface area (TPSA) is 99.9 Å². The third-order valence-electron chi connectivity index (χ3n) is 5.17. The molecule has 30 heavy (non-hydrogen) atoms. The van der Waals surface area contributed by atoms with Crippen LogP contribution in [-0.4, -0.2) is 36.7 Å². The van der Waals surface area contributed by atoms with Crippen molar-refractivity contribution in [3.8, 4) is 0 Å². The Balaban J connectivity index is 1.76. The normalized spacial score (nSPS) is 17.8. The third-order valence-corrected chi connectivity index (χ3v) is 7.00. The molecule has 0 spiro atoms. The molecule has 0 amide bonds. The zero-order chi connectivity index (χ0) is 21.5. The summed E-state index contributed by atoms with van der Waals surface area (Å²) in [5.74, 6) is 0. The molecule has 162 valence electrons. The van der Waals surface area contributed by atoms with E-state index in [1.54, 1.807) is 17.7 Å². The summed E-state index contributed by atoms with van der Waals surface area (Å²) >= 11 is 1.16. The number of hydrogen-bond acceptors (Lipinski definition) is 8. The number of halogens is 3. The van der Waals surface area contributed by atoms with Gasteiger partial charge in [0.05, 0.1) is 5.69 Å². The lowest BCUT2D eigenvalue weighted by Gasteiger charge is -2.42. The molecule has 1 aliphatic carbocycles. The number of anilines is 2. The lowest BCUT2D eigenvalue weighted by molar-refractivity contribution is -0.0429. The van der Waals surface area contributed by atoms with E-state index in [1.807, 2.05) is 0 Å². The Kier molecular flexibility index (Phi) is 5.43. The maximum absolute atomic E-state index is 13.0. The van der Waals surface area contributed by atoms with Gasteiger partial charge in [0.25, 0.3) is 5.13 Å². The van der Waals surface area contributed by atoms with Gasteiger partial charge in [-0.15, -0.1) is 20.4 Å². The summed E-state index contributed by atoms with van der Waals surface area (Å²) in [7, 11) is -5.60. The average molecular weight is 461 g/mol. The second-order valence-corrected chi connectivity index (χ2v) is 10.1. The van der Waals surface area contributed by atoms with Gasteiger partial charge < -0.3 is 4.90 Å². The molecule has 2 heterocycles. The quantitative estimate of drug-likeness (QED) is 0.645. The Bertz CT molecular complexity index is 1080. The highest BCUT2D eigenvalue weighted by atomic mass is 32.2. The molecule has 13 heteroatoms. The highest BCUT2D eigenvalue weighted by Gasteiger charge is 2.46. The summed E-state index contributed by atoms with van der Waals surface area (Å²) in [6, 6.07) is 3.37. The number of benzene rings is 1. The molecule has 1 N–H and O–H groups in total. The van der Waals surface area contributed by atoms with Crippen molar-refractivity contribution >= 4 is 43.6 Å². The van der Waals surface area contributed by atoms with Crippen molar-refractivity contribution < 1.29 is 21.6 Å². The van der Waals surface area contributed by atoms with E-state index in [0.717, 1.165) is 61.2 Å². The first-order valence-electron chi connectivity index (χ1n) is 9.38. The maximum Gasteiger partial charge on any atom is 0.516 e. The monoisotopic (exact) mass is 460 g/mol. The largest absolute Gasteiger partial charge is 0.516 e. The van der Waals surface area contributed by atoms with Crippen LogP contribution in [0.1, 0.15) is 36.3 Å². The van der Waals surface area contributed by atoms with Crippen molar-refractivity contribution in [3.05, 3.63) is 22.7 Å². The van der Waals surface area contributed by atoms with E-state index >= 15 is 0 Å². The number of fused-ring (bicyclic) bond motifs is 1. The Morgan fingerprint density at radius 3 is 2.57 bits per heavy atom. The molecule has 0 atom stereocenters. The van der Waals surface area contributed by atoms with Gasteiger partial charge in [-0.2, -0.15) is 21.6 Å². The van der Waals surface area contributed by atoms with Crippen molar-refractivity contribution in [1.29, 1.82) is 0 Å². The summed E-state index contributed by atoms with van der Waals surface area (Å²) < 4.78 is 64.1. The van der Waals surface area contributed by atoms with E-state index in [4.69, 9.17) is 0 Å². The molecule has 1 fully saturated rings. The number of sulfonamides is 1. The summed E-state index contributed by atoms with van der Waals surface area (Å²) in [6.07, 6.45) is 4.77. The summed E-state index contributed by atoms with van der Waals surface area (Å²) in [4.78, 5) is 2.16. The lowest BCUT2D eigenvalue weighted by Crippen LogP contribution is -2.43. The molecule has 1 saturated carbocycles. The molecular weight excluding hydrogens is 441 g/mol. The number of azo groups is 1. The maximum atomic E-state index is 13.0. The molecule has 0 bridgehead atoms. The first-order valence-corrected chi connectivity index (χ1v) is 11.7. The Morgan fingerprint density at radius 2 is 1.97 bits per heavy atom. The van der Waals surface area contributed by atoms with Crippen LogP contribution in [-0.2, 0) is 16.4 Å². The number of alkyl halides is 3. The van der Waals surface area contributed by atoms with Crippen molar-refractivity contribution in [1.82, 2.24) is 10.2 Å². The van der Waals surface area contributed by atoms with E-state index < -0.39 is 15.5 Å². The molecule has 0 unspecified atom stereocenters. The van der Waals surface area contributed by atoms with Crippen molar-refractivity contribution in [2.45, 2.75) is 50.6 Å². The minimum Gasteiger partial charge on any atom is -0.368 e. The predicted molar refractivity (Wildman–Crippen MR) is 107 cm³/mol. The van der Waals surface area contributed by atoms with E-state index in [-0.39, 0.29) is 16.5 Å². The molecule has 2 aliphatic rings. The molecule has 4 rings (SSSR count). The SMILES string of the molecule is Cc1nnc(N=Nc2cc3c(cc2NS(=O)(=O)C(F)(F)F)N(C2CCC2)CCC3)s1. The molecule has 2 aromatic rings. The molecule has 1 aromatic carbocycles. The molecule has 1 aliphatic heterocycles. The first kappa shape index (κ1) is 21.0. The van der Waals surface area contributed by atoms with Crippen molar-refractivity contribution in [3.63, 3.8) is 0 Å². The first-order chi connectivity index (χ1) is 14.1. The zero-order valence-corrected chi connectivity index (χ0v) is 17.6. The number of aromatic nitrogens is 2. The van der Waals surface area contributed by atoms with E-state index in [1.165, 1.54) is 6.07 Å². The van der Waals surface area contributed by atoms with Gasteiger partial charge in [0.15, 0.2) is 0 Å². The van der Waals surface area contributed by atoms with Gasteiger partial charge in [-0.25, -0.2) is 0 Å². The number of aryl methyl sites for hydroxylation is 2. The number of nitrogens with zero attached hydrogens (tertiary/aromatic N) is 5. The smallest absolute Gasteiger partial charge is 0.368 e. The Labute approximate surface area is 175 Å². The molecule has 0 saturated heterocycles. The lowest BCUT2D eigenvalue weighted by atomic mass is 9.88. The average Bonchev–Trinajstić information content (AvgIpc) is 3.03. The second kappa shape index (κ2) is 7.76. The van der Waals surface area contributed by atoms with Crippen molar-refractivity contribution in [2.75, 3.05) is 16.2 Å². The number of nitrogens with one attached hydrogen (secondary N) is 1. The van der Waals surface area contributed by atoms with Crippen LogP contribution in [0.5, 0.6) is 0 Å². The van der Waals surface area contributed by atoms with E-state index in [0.29, 0.717) is 11.0 Å². The van der Waals surface area contributed by atoms with Gasteiger partial charge in [0, 0.05) is 18.3 Å². The molecule has 0 radical (unpaired) electrons. The number of hydrogen-bond donors (Lipinski definition) is 1. The highest BCUT2D eigenvalue weighted by Crippen LogP contribution is 2.42. The Hall–Kier alpha value is -2.28. The fraction of sp³-hybridized carbons (Fsp3) is 0.529. The third kappa shape index (κ3) is 4.13. The van der Waals surface area contributed by atoms with Crippen LogP contribution in [0.4, 0.5) is 35.4 Å². The van der Waals surface area contributed by atoms with Gasteiger partial charge in [0.1, 0.15) is 10.7 Å². The van der Waals surface area contributed by atoms with Gasteiger partial charge in [-0.05, 0) is 56.7 Å². The standard InChI is InChI=1S/C17H19F3N6O2S2/c1-10-21-23-16(29-10)24-22-13-8-11-4-3-7-26(12-5-2-6-12)15(11)9-14(13)25-30(27,28)17(18,19)20/h8-9,12,25H,2-7H2,1H3. The van der Waals surface area contributed by atoms with Crippen LogP contribution in [0, 0.1) is 6.92 Å². The summed E-state index contributed by atoms with van der Waals surface area (Å²) in [6.45, 7) is 2.52. The van der Waals surface area contributed by atoms with E-state index in [2.05, 4.69) is 25.3 Å². The zero-order valence-electron chi connectivity index (χ0n) is 16.0. The minimum absolute atomic E-state index is 0.00453. The van der Waals surface area contributed by atoms with Crippen molar-refractivity contribution in [2.24, 2.45) is 10.2 Å². The second-order valence-electron chi connectivity index (χ2n) is 7.23. The van der Waals surface area contributed by atoms with Gasteiger partial charge in [-0.3, -0.25) is 4.72 Å². The fourth-order valence-electron chi connectivity index (χ4n) is 3.52. The van der Waals surface area contributed by atoms with Gasteiger partial charge >= 0.3 is 15.5 Å². The minimum atomic E-state index is -5.60. The van der Waals surface area contributed by atoms with Crippen LogP contribution in [0.15, 0.2) is 22.4 Å². The number of rotatable bonds is 5. The molecule has 1 aromatic heterocycles. The molecule has 8 nitrogen and oxygen atoms in total. The molecular formula is C17H19F3N6O2S2. The van der Waals surface area contributed by atoms with Gasteiger partial charge in [0.2, 0.25) is 0 Å². The summed E-state index contributed by atoms with van der Waals surface area (Å²) in [5, 5.41) is 16.4. The van der Waals surface area contributed by atoms with Crippen LogP contribution in [0.2, 0.25) is 0 Å². The van der Waals surface area contributed by atoms with Crippen LogP contribution in [0.25, 0.3) is 0 Å². The predicted octanol–water partition coefficient (Wildman–Crippen LogP) is 4.83. The van der Waals surface area contributed by atoms with Crippen LogP contribution in [0.3, 0.4) is 0 Å². The summed E-state index contributed by atoms with van der Waals surface area (Å²) in [5.41, 5.74) is -4.05. The van der Waals surface area contributed by atoms with E-state index in [9.17, 15) is 21.6 Å². The van der Waals surface area contributed by atoms with Crippen LogP contribution < -0.4 is 9.62 Å². The van der Waals surface area contributed by atoms with Crippen LogP contribution >= 0.6 is 11.3 Å². The Morgan fingerprint density at radius 1 is 1.20 bits per heavy atom. The fourth-order valence-corrected chi connectivity index (χ4v) is 4.59.